The van der Waals surface area contributed by atoms with E-state index in [4.69, 9.17) is 23.2 Å². The van der Waals surface area contributed by atoms with Gasteiger partial charge in [-0.25, -0.2) is 12.7 Å². The molecule has 29 heavy (non-hydrogen) atoms. The molecule has 1 N–H and O–H groups in total. The second-order valence-corrected chi connectivity index (χ2v) is 10.2. The molecule has 3 rings (SSSR count). The van der Waals surface area contributed by atoms with Crippen LogP contribution in [0.5, 0.6) is 0 Å². The monoisotopic (exact) mass is 454 g/mol. The summed E-state index contributed by atoms with van der Waals surface area (Å²) in [4.78, 5) is 12.8. The number of carbonyl (C=O) groups excluding carboxylic acids is 1. The number of carbonyl (C=O) groups is 1. The Morgan fingerprint density at radius 2 is 1.83 bits per heavy atom. The average molecular weight is 455 g/mol. The number of sulfonamides is 1. The molecule has 2 aromatic rings. The van der Waals surface area contributed by atoms with Crippen LogP contribution in [0.3, 0.4) is 0 Å². The zero-order valence-corrected chi connectivity index (χ0v) is 18.7. The molecule has 1 aliphatic heterocycles. The number of halogens is 2. The maximum Gasteiger partial charge on any atom is 0.228 e. The van der Waals surface area contributed by atoms with Gasteiger partial charge in [-0.15, -0.1) is 0 Å². The van der Waals surface area contributed by atoms with Gasteiger partial charge in [-0.2, -0.15) is 0 Å². The van der Waals surface area contributed by atoms with Gasteiger partial charge in [0.15, 0.2) is 0 Å². The van der Waals surface area contributed by atoms with Crippen LogP contribution in [-0.4, -0.2) is 31.7 Å². The summed E-state index contributed by atoms with van der Waals surface area (Å²) in [6.45, 7) is 4.48. The number of anilines is 1. The Morgan fingerprint density at radius 1 is 1.14 bits per heavy atom. The zero-order valence-electron chi connectivity index (χ0n) is 16.4. The summed E-state index contributed by atoms with van der Waals surface area (Å²) >= 11 is 11.9. The van der Waals surface area contributed by atoms with Crippen LogP contribution in [0.1, 0.15) is 29.5 Å². The lowest BCUT2D eigenvalue weighted by Gasteiger charge is -2.31. The molecule has 1 saturated heterocycles. The number of hydrogen-bond donors (Lipinski definition) is 1. The van der Waals surface area contributed by atoms with Crippen molar-refractivity contribution in [2.45, 2.75) is 32.4 Å². The highest BCUT2D eigenvalue weighted by Crippen LogP contribution is 2.27. The molecule has 8 heteroatoms. The lowest BCUT2D eigenvalue weighted by molar-refractivity contribution is -0.120. The number of aryl methyl sites for hydroxylation is 2. The highest BCUT2D eigenvalue weighted by molar-refractivity contribution is 7.88. The van der Waals surface area contributed by atoms with E-state index in [1.165, 1.54) is 4.31 Å². The number of piperidine rings is 1. The molecule has 0 aromatic heterocycles. The van der Waals surface area contributed by atoms with Gasteiger partial charge in [-0.3, -0.25) is 4.79 Å². The molecule has 1 heterocycles. The molecule has 0 radical (unpaired) electrons. The summed E-state index contributed by atoms with van der Waals surface area (Å²) in [7, 11) is -3.57. The second kappa shape index (κ2) is 9.04. The molecule has 5 nitrogen and oxygen atoms in total. The van der Waals surface area contributed by atoms with Gasteiger partial charge >= 0.3 is 0 Å². The van der Waals surface area contributed by atoms with E-state index in [0.29, 0.717) is 35.0 Å². The van der Waals surface area contributed by atoms with E-state index in [9.17, 15) is 13.2 Å². The topological polar surface area (TPSA) is 66.5 Å². The fraction of sp³-hybridized carbons (Fsp3) is 0.381. The molecule has 0 bridgehead atoms. The number of amides is 1. The summed E-state index contributed by atoms with van der Waals surface area (Å²) in [6.07, 6.45) is 1.31. The molecular formula is C21H24Cl2N2O3S. The minimum absolute atomic E-state index is 0.142. The van der Waals surface area contributed by atoms with Crippen LogP contribution in [0.2, 0.25) is 10.0 Å². The Morgan fingerprint density at radius 3 is 2.48 bits per heavy atom. The quantitative estimate of drug-likeness (QED) is 0.705. The van der Waals surface area contributed by atoms with E-state index in [1.807, 2.05) is 32.0 Å². The smallest absolute Gasteiger partial charge is 0.228 e. The number of rotatable bonds is 5. The Labute approximate surface area is 182 Å². The van der Waals surface area contributed by atoms with Crippen LogP contribution in [0.15, 0.2) is 36.4 Å². The predicted octanol–water partition coefficient (Wildman–Crippen LogP) is 4.79. The Bertz CT molecular complexity index is 1000. The summed E-state index contributed by atoms with van der Waals surface area (Å²) < 4.78 is 27.2. The highest BCUT2D eigenvalue weighted by Gasteiger charge is 2.32. The van der Waals surface area contributed by atoms with Crippen molar-refractivity contribution < 1.29 is 13.2 Å². The van der Waals surface area contributed by atoms with E-state index < -0.39 is 10.0 Å². The van der Waals surface area contributed by atoms with Crippen LogP contribution in [-0.2, 0) is 20.6 Å². The molecule has 2 aromatic carbocycles. The molecule has 0 aliphatic carbocycles. The highest BCUT2D eigenvalue weighted by atomic mass is 35.5. The normalized spacial score (nSPS) is 17.9. The minimum atomic E-state index is -3.57. The minimum Gasteiger partial charge on any atom is -0.325 e. The van der Waals surface area contributed by atoms with Gasteiger partial charge in [0.25, 0.3) is 0 Å². The van der Waals surface area contributed by atoms with Crippen molar-refractivity contribution in [1.82, 2.24) is 4.31 Å². The van der Waals surface area contributed by atoms with Gasteiger partial charge in [0.1, 0.15) is 0 Å². The standard InChI is InChI=1S/C21H24Cl2N2O3S/c1-14-5-3-6-15(2)20(14)24-21(26)17-7-4-10-25(12-17)29(27,28)13-16-8-9-18(22)19(23)11-16/h3,5-6,8-9,11,17H,4,7,10,12-13H2,1-2H3,(H,24,26)/t17-/m1/s1. The summed E-state index contributed by atoms with van der Waals surface area (Å²) in [6, 6.07) is 10.6. The van der Waals surface area contributed by atoms with Crippen molar-refractivity contribution >= 4 is 44.8 Å². The number of benzene rings is 2. The van der Waals surface area contributed by atoms with Crippen molar-refractivity contribution in [3.8, 4) is 0 Å². The first-order valence-corrected chi connectivity index (χ1v) is 11.8. The van der Waals surface area contributed by atoms with Crippen molar-refractivity contribution in [3.63, 3.8) is 0 Å². The van der Waals surface area contributed by atoms with Gasteiger partial charge in [0.05, 0.1) is 21.7 Å². The van der Waals surface area contributed by atoms with Crippen LogP contribution in [0.25, 0.3) is 0 Å². The number of para-hydroxylation sites is 1. The summed E-state index contributed by atoms with van der Waals surface area (Å²) in [5.74, 6) is -0.696. The third-order valence-corrected chi connectivity index (χ3v) is 7.77. The molecule has 1 fully saturated rings. The van der Waals surface area contributed by atoms with Crippen molar-refractivity contribution in [2.24, 2.45) is 5.92 Å². The van der Waals surface area contributed by atoms with Crippen molar-refractivity contribution in [2.75, 3.05) is 18.4 Å². The van der Waals surface area contributed by atoms with Crippen LogP contribution < -0.4 is 5.32 Å². The van der Waals surface area contributed by atoms with Crippen molar-refractivity contribution in [1.29, 1.82) is 0 Å². The molecular weight excluding hydrogens is 431 g/mol. The molecule has 0 unspecified atom stereocenters. The van der Waals surface area contributed by atoms with E-state index >= 15 is 0 Å². The summed E-state index contributed by atoms with van der Waals surface area (Å²) in [5.41, 5.74) is 3.34. The fourth-order valence-corrected chi connectivity index (χ4v) is 5.50. The molecule has 1 aliphatic rings. The van der Waals surface area contributed by atoms with Gasteiger partial charge in [0, 0.05) is 18.8 Å². The van der Waals surface area contributed by atoms with Crippen molar-refractivity contribution in [3.05, 3.63) is 63.1 Å². The Hall–Kier alpha value is -1.60. The van der Waals surface area contributed by atoms with E-state index in [0.717, 1.165) is 16.8 Å². The maximum atomic E-state index is 12.9. The largest absolute Gasteiger partial charge is 0.325 e. The molecule has 156 valence electrons. The van der Waals surface area contributed by atoms with Gasteiger partial charge < -0.3 is 5.32 Å². The molecule has 0 saturated carbocycles. The first kappa shape index (κ1) is 22.1. The third-order valence-electron chi connectivity index (χ3n) is 5.21. The van der Waals surface area contributed by atoms with Crippen LogP contribution in [0, 0.1) is 19.8 Å². The first-order chi connectivity index (χ1) is 13.7. The first-order valence-electron chi connectivity index (χ1n) is 9.46. The number of nitrogens with zero attached hydrogens (tertiary/aromatic N) is 1. The maximum absolute atomic E-state index is 12.9. The van der Waals surface area contributed by atoms with E-state index in [2.05, 4.69) is 5.32 Å². The van der Waals surface area contributed by atoms with Gasteiger partial charge in [0.2, 0.25) is 15.9 Å². The third kappa shape index (κ3) is 5.31. The summed E-state index contributed by atoms with van der Waals surface area (Å²) in [5, 5.41) is 3.70. The number of nitrogens with one attached hydrogen (secondary N) is 1. The zero-order chi connectivity index (χ0) is 21.2. The Balaban J connectivity index is 1.70. The second-order valence-electron chi connectivity index (χ2n) is 7.46. The SMILES string of the molecule is Cc1cccc(C)c1NC(=O)[C@@H]1CCCN(S(=O)(=O)Cc2ccc(Cl)c(Cl)c2)C1. The fourth-order valence-electron chi connectivity index (χ4n) is 3.58. The lowest BCUT2D eigenvalue weighted by Crippen LogP contribution is -2.44. The Kier molecular flexibility index (Phi) is 6.89. The van der Waals surface area contributed by atoms with Crippen LogP contribution >= 0.6 is 23.2 Å². The molecule has 0 spiro atoms. The average Bonchev–Trinajstić information content (AvgIpc) is 2.67. The predicted molar refractivity (Wildman–Crippen MR) is 118 cm³/mol. The van der Waals surface area contributed by atoms with Crippen LogP contribution in [0.4, 0.5) is 5.69 Å². The van der Waals surface area contributed by atoms with E-state index in [-0.39, 0.29) is 24.1 Å². The lowest BCUT2D eigenvalue weighted by atomic mass is 9.98. The molecule has 1 amide bonds. The van der Waals surface area contributed by atoms with E-state index in [1.54, 1.807) is 18.2 Å². The van der Waals surface area contributed by atoms with Gasteiger partial charge in [-0.05, 0) is 55.5 Å². The number of hydrogen-bond acceptors (Lipinski definition) is 3. The molecule has 1 atom stereocenters. The van der Waals surface area contributed by atoms with Gasteiger partial charge in [-0.1, -0.05) is 47.5 Å².